The van der Waals surface area contributed by atoms with Crippen molar-refractivity contribution in [2.45, 2.75) is 11.3 Å². The summed E-state index contributed by atoms with van der Waals surface area (Å²) in [6, 6.07) is 12.3. The highest BCUT2D eigenvalue weighted by Gasteiger charge is 2.08. The van der Waals surface area contributed by atoms with Gasteiger partial charge in [-0.25, -0.2) is 9.97 Å². The normalized spacial score (nSPS) is 10.4. The molecule has 0 aliphatic rings. The number of benzene rings is 1. The topological polar surface area (TPSA) is 61.6 Å². The zero-order chi connectivity index (χ0) is 14.5. The van der Waals surface area contributed by atoms with Gasteiger partial charge in [0.15, 0.2) is 0 Å². The molecule has 2 aromatic heterocycles. The van der Waals surface area contributed by atoms with E-state index in [9.17, 15) is 0 Å². The van der Waals surface area contributed by atoms with Crippen LogP contribution in [0.2, 0.25) is 0 Å². The predicted octanol–water partition coefficient (Wildman–Crippen LogP) is 4.44. The molecule has 0 amide bonds. The fraction of sp³-hybridized carbons (Fsp3) is 0.133. The minimum Gasteiger partial charge on any atom is -0.339 e. The van der Waals surface area contributed by atoms with E-state index in [0.717, 1.165) is 32.4 Å². The number of fused-ring (bicyclic) bond motifs is 1. The highest BCUT2D eigenvalue weighted by atomic mass is 32.2. The Bertz CT molecular complexity index is 791. The van der Waals surface area contributed by atoms with E-state index in [4.69, 9.17) is 5.26 Å². The molecule has 0 aliphatic heterocycles. The van der Waals surface area contributed by atoms with Gasteiger partial charge < -0.3 is 5.32 Å². The van der Waals surface area contributed by atoms with Crippen molar-refractivity contribution in [2.75, 3.05) is 11.1 Å². The molecule has 0 radical (unpaired) electrons. The van der Waals surface area contributed by atoms with Gasteiger partial charge in [-0.2, -0.15) is 5.26 Å². The molecule has 21 heavy (non-hydrogen) atoms. The fourth-order valence-corrected chi connectivity index (χ4v) is 3.51. The van der Waals surface area contributed by atoms with Crippen molar-refractivity contribution in [3.63, 3.8) is 0 Å². The molecule has 2 heterocycles. The van der Waals surface area contributed by atoms with Crippen LogP contribution in [0.5, 0.6) is 0 Å². The van der Waals surface area contributed by atoms with Crippen molar-refractivity contribution >= 4 is 44.8 Å². The standard InChI is InChI=1S/C15H12N4S2/c16-7-3-8-20-13-5-2-1-4-12(13)19-14-11-6-9-21-15(11)18-10-17-14/h1-2,4-6,9-10H,3,8H2,(H,17,18,19). The lowest BCUT2D eigenvalue weighted by Gasteiger charge is -2.11. The van der Waals surface area contributed by atoms with Crippen molar-refractivity contribution in [1.82, 2.24) is 9.97 Å². The largest absolute Gasteiger partial charge is 0.339 e. The molecule has 1 aromatic carbocycles. The average Bonchev–Trinajstić information content (AvgIpc) is 2.99. The summed E-state index contributed by atoms with van der Waals surface area (Å²) < 4.78 is 0. The third kappa shape index (κ3) is 3.15. The molecule has 3 aromatic rings. The molecule has 0 bridgehead atoms. The summed E-state index contributed by atoms with van der Waals surface area (Å²) in [6.07, 6.45) is 2.12. The van der Waals surface area contributed by atoms with E-state index in [1.165, 1.54) is 0 Å². The van der Waals surface area contributed by atoms with Gasteiger partial charge in [0.1, 0.15) is 17.0 Å². The Morgan fingerprint density at radius 2 is 2.14 bits per heavy atom. The molecule has 104 valence electrons. The average molecular weight is 312 g/mol. The second-order valence-corrected chi connectivity index (χ2v) is 6.27. The molecular formula is C15H12N4S2. The van der Waals surface area contributed by atoms with Crippen molar-refractivity contribution in [3.8, 4) is 6.07 Å². The quantitative estimate of drug-likeness (QED) is 0.557. The fourth-order valence-electron chi connectivity index (χ4n) is 1.92. The van der Waals surface area contributed by atoms with Gasteiger partial charge >= 0.3 is 0 Å². The molecule has 0 atom stereocenters. The zero-order valence-corrected chi connectivity index (χ0v) is 12.7. The van der Waals surface area contributed by atoms with Gasteiger partial charge in [0.2, 0.25) is 0 Å². The lowest BCUT2D eigenvalue weighted by Crippen LogP contribution is -1.96. The Morgan fingerprint density at radius 3 is 3.05 bits per heavy atom. The van der Waals surface area contributed by atoms with Crippen LogP contribution in [0, 0.1) is 11.3 Å². The minimum absolute atomic E-state index is 0.543. The Balaban J connectivity index is 1.88. The third-order valence-corrected chi connectivity index (χ3v) is 4.77. The predicted molar refractivity (Wildman–Crippen MR) is 88.1 cm³/mol. The molecule has 6 heteroatoms. The molecule has 0 unspecified atom stereocenters. The van der Waals surface area contributed by atoms with Gasteiger partial charge in [0.05, 0.1) is 17.1 Å². The van der Waals surface area contributed by atoms with Crippen LogP contribution in [0.15, 0.2) is 46.9 Å². The van der Waals surface area contributed by atoms with Crippen LogP contribution in [-0.4, -0.2) is 15.7 Å². The van der Waals surface area contributed by atoms with Crippen LogP contribution in [0.3, 0.4) is 0 Å². The Hall–Kier alpha value is -2.10. The maximum Gasteiger partial charge on any atom is 0.142 e. The molecule has 0 saturated carbocycles. The molecule has 0 fully saturated rings. The number of nitrogens with one attached hydrogen (secondary N) is 1. The lowest BCUT2D eigenvalue weighted by molar-refractivity contribution is 1.22. The van der Waals surface area contributed by atoms with Gasteiger partial charge in [0, 0.05) is 17.1 Å². The van der Waals surface area contributed by atoms with Gasteiger partial charge in [-0.05, 0) is 23.6 Å². The maximum atomic E-state index is 8.65. The second-order valence-electron chi connectivity index (χ2n) is 4.24. The van der Waals surface area contributed by atoms with Gasteiger partial charge in [-0.3, -0.25) is 0 Å². The van der Waals surface area contributed by atoms with E-state index in [1.807, 2.05) is 29.6 Å². The summed E-state index contributed by atoms with van der Waals surface area (Å²) in [5.41, 5.74) is 1.01. The first-order valence-electron chi connectivity index (χ1n) is 6.42. The number of nitriles is 1. The van der Waals surface area contributed by atoms with Crippen LogP contribution in [0.25, 0.3) is 10.2 Å². The summed E-state index contributed by atoms with van der Waals surface area (Å²) in [4.78, 5) is 10.7. The van der Waals surface area contributed by atoms with Gasteiger partial charge in [-0.1, -0.05) is 12.1 Å². The lowest BCUT2D eigenvalue weighted by atomic mass is 10.3. The molecule has 4 nitrogen and oxygen atoms in total. The van der Waals surface area contributed by atoms with E-state index in [0.29, 0.717) is 6.42 Å². The van der Waals surface area contributed by atoms with Gasteiger partial charge in [-0.15, -0.1) is 23.1 Å². The number of para-hydroxylation sites is 1. The SMILES string of the molecule is N#CCCSc1ccccc1Nc1ncnc2sccc12. The van der Waals surface area contributed by atoms with Crippen LogP contribution < -0.4 is 5.32 Å². The van der Waals surface area contributed by atoms with Gasteiger partial charge in [0.25, 0.3) is 0 Å². The van der Waals surface area contributed by atoms with Crippen LogP contribution in [0.1, 0.15) is 6.42 Å². The van der Waals surface area contributed by atoms with Crippen molar-refractivity contribution < 1.29 is 0 Å². The molecule has 0 spiro atoms. The van der Waals surface area contributed by atoms with Crippen molar-refractivity contribution in [2.24, 2.45) is 0 Å². The maximum absolute atomic E-state index is 8.65. The van der Waals surface area contributed by atoms with Crippen LogP contribution >= 0.6 is 23.1 Å². The number of rotatable bonds is 5. The highest BCUT2D eigenvalue weighted by Crippen LogP contribution is 2.32. The highest BCUT2D eigenvalue weighted by molar-refractivity contribution is 7.99. The first kappa shape index (κ1) is 13.9. The summed E-state index contributed by atoms with van der Waals surface area (Å²) in [5.74, 6) is 1.60. The first-order chi connectivity index (χ1) is 10.4. The number of thiophene rings is 1. The number of anilines is 2. The molecule has 0 aliphatic carbocycles. The Labute approximate surface area is 130 Å². The van der Waals surface area contributed by atoms with Crippen LogP contribution in [0.4, 0.5) is 11.5 Å². The number of nitrogens with zero attached hydrogens (tertiary/aromatic N) is 3. The van der Waals surface area contributed by atoms with Crippen LogP contribution in [-0.2, 0) is 0 Å². The minimum atomic E-state index is 0.543. The number of hydrogen-bond acceptors (Lipinski definition) is 6. The summed E-state index contributed by atoms with van der Waals surface area (Å²) in [5, 5.41) is 15.1. The van der Waals surface area contributed by atoms with E-state index < -0.39 is 0 Å². The molecule has 0 saturated heterocycles. The summed E-state index contributed by atoms with van der Waals surface area (Å²) in [7, 11) is 0. The van der Waals surface area contributed by atoms with Crippen molar-refractivity contribution in [1.29, 1.82) is 5.26 Å². The molecular weight excluding hydrogens is 300 g/mol. The Kier molecular flexibility index (Phi) is 4.34. The van der Waals surface area contributed by atoms with E-state index in [1.54, 1.807) is 29.4 Å². The van der Waals surface area contributed by atoms with E-state index in [-0.39, 0.29) is 0 Å². The summed E-state index contributed by atoms with van der Waals surface area (Å²) >= 11 is 3.27. The number of thioether (sulfide) groups is 1. The number of aromatic nitrogens is 2. The second kappa shape index (κ2) is 6.57. The third-order valence-electron chi connectivity index (χ3n) is 2.87. The Morgan fingerprint density at radius 1 is 1.24 bits per heavy atom. The van der Waals surface area contributed by atoms with E-state index >= 15 is 0 Å². The molecule has 1 N–H and O–H groups in total. The van der Waals surface area contributed by atoms with Crippen molar-refractivity contribution in [3.05, 3.63) is 42.0 Å². The number of hydrogen-bond donors (Lipinski definition) is 1. The first-order valence-corrected chi connectivity index (χ1v) is 8.29. The zero-order valence-electron chi connectivity index (χ0n) is 11.1. The summed E-state index contributed by atoms with van der Waals surface area (Å²) in [6.45, 7) is 0. The van der Waals surface area contributed by atoms with E-state index in [2.05, 4.69) is 27.4 Å². The monoisotopic (exact) mass is 312 g/mol. The molecule has 3 rings (SSSR count). The smallest absolute Gasteiger partial charge is 0.142 e.